The van der Waals surface area contributed by atoms with E-state index in [2.05, 4.69) is 15.7 Å². The molecular formula is C10H17N3OS. The van der Waals surface area contributed by atoms with E-state index in [1.807, 2.05) is 6.92 Å². The Morgan fingerprint density at radius 2 is 2.60 bits per heavy atom. The highest BCUT2D eigenvalue weighted by atomic mass is 32.1. The van der Waals surface area contributed by atoms with Gasteiger partial charge in [-0.25, -0.2) is 4.98 Å². The predicted octanol–water partition coefficient (Wildman–Crippen LogP) is 0.659. The molecule has 1 aromatic heterocycles. The zero-order chi connectivity index (χ0) is 10.7. The summed E-state index contributed by atoms with van der Waals surface area (Å²) in [5, 5.41) is 6.53. The molecule has 1 unspecified atom stereocenters. The molecule has 1 aliphatic rings. The van der Waals surface area contributed by atoms with Crippen LogP contribution in [-0.2, 0) is 11.3 Å². The van der Waals surface area contributed by atoms with E-state index in [9.17, 15) is 0 Å². The summed E-state index contributed by atoms with van der Waals surface area (Å²) in [6.07, 6.45) is 0.941. The van der Waals surface area contributed by atoms with Crippen LogP contribution >= 0.6 is 11.3 Å². The first-order valence-electron chi connectivity index (χ1n) is 5.16. The van der Waals surface area contributed by atoms with Crippen molar-refractivity contribution in [3.05, 3.63) is 16.1 Å². The lowest BCUT2D eigenvalue weighted by molar-refractivity contribution is 0.177. The normalized spacial score (nSPS) is 26.0. The van der Waals surface area contributed by atoms with Gasteiger partial charge < -0.3 is 15.8 Å². The lowest BCUT2D eigenvalue weighted by Crippen LogP contribution is -2.49. The number of ether oxygens (including phenoxy) is 1. The van der Waals surface area contributed by atoms with Gasteiger partial charge in [0.2, 0.25) is 0 Å². The van der Waals surface area contributed by atoms with Crippen molar-refractivity contribution in [3.63, 3.8) is 0 Å². The maximum absolute atomic E-state index is 6.12. The molecule has 1 saturated heterocycles. The average Bonchev–Trinajstić information content (AvgIpc) is 2.76. The van der Waals surface area contributed by atoms with E-state index < -0.39 is 0 Å². The molecule has 1 aliphatic heterocycles. The number of thiazole rings is 1. The number of nitrogens with zero attached hydrogens (tertiary/aromatic N) is 1. The lowest BCUT2D eigenvalue weighted by atomic mass is 10.0. The van der Waals surface area contributed by atoms with Crippen LogP contribution in [0.25, 0.3) is 0 Å². The molecule has 0 amide bonds. The van der Waals surface area contributed by atoms with Crippen molar-refractivity contribution in [3.8, 4) is 0 Å². The third-order valence-electron chi connectivity index (χ3n) is 2.58. The molecule has 0 saturated carbocycles. The van der Waals surface area contributed by atoms with Crippen molar-refractivity contribution in [1.29, 1.82) is 0 Å². The minimum Gasteiger partial charge on any atom is -0.379 e. The van der Waals surface area contributed by atoms with Crippen molar-refractivity contribution < 1.29 is 4.74 Å². The smallest absolute Gasteiger partial charge is 0.0897 e. The van der Waals surface area contributed by atoms with Crippen LogP contribution in [-0.4, -0.2) is 30.3 Å². The van der Waals surface area contributed by atoms with E-state index in [-0.39, 0.29) is 5.54 Å². The van der Waals surface area contributed by atoms with Gasteiger partial charge in [-0.2, -0.15) is 0 Å². The van der Waals surface area contributed by atoms with E-state index >= 15 is 0 Å². The Kier molecular flexibility index (Phi) is 3.35. The molecule has 4 nitrogen and oxygen atoms in total. The second kappa shape index (κ2) is 4.57. The van der Waals surface area contributed by atoms with Gasteiger partial charge in [0.1, 0.15) is 0 Å². The van der Waals surface area contributed by atoms with Crippen molar-refractivity contribution >= 4 is 11.3 Å². The van der Waals surface area contributed by atoms with Crippen molar-refractivity contribution in [2.24, 2.45) is 5.73 Å². The van der Waals surface area contributed by atoms with Crippen molar-refractivity contribution in [1.82, 2.24) is 10.3 Å². The zero-order valence-electron chi connectivity index (χ0n) is 8.95. The summed E-state index contributed by atoms with van der Waals surface area (Å²) in [5.74, 6) is 0. The molecule has 1 aromatic rings. The zero-order valence-corrected chi connectivity index (χ0v) is 9.77. The van der Waals surface area contributed by atoms with Crippen LogP contribution in [0.2, 0.25) is 0 Å². The molecule has 0 spiro atoms. The van der Waals surface area contributed by atoms with Crippen LogP contribution in [0.4, 0.5) is 0 Å². The fourth-order valence-electron chi connectivity index (χ4n) is 1.69. The molecule has 2 heterocycles. The molecule has 0 aromatic carbocycles. The highest BCUT2D eigenvalue weighted by Crippen LogP contribution is 2.14. The Hall–Kier alpha value is -0.490. The van der Waals surface area contributed by atoms with Crippen LogP contribution in [0, 0.1) is 6.92 Å². The molecule has 5 heteroatoms. The summed E-state index contributed by atoms with van der Waals surface area (Å²) in [4.78, 5) is 4.38. The maximum Gasteiger partial charge on any atom is 0.0897 e. The summed E-state index contributed by atoms with van der Waals surface area (Å²) in [7, 11) is 0. The van der Waals surface area contributed by atoms with Gasteiger partial charge in [-0.05, 0) is 13.3 Å². The minimum atomic E-state index is -0.176. The Labute approximate surface area is 93.8 Å². The van der Waals surface area contributed by atoms with Crippen molar-refractivity contribution in [2.75, 3.05) is 19.8 Å². The predicted molar refractivity (Wildman–Crippen MR) is 60.9 cm³/mol. The van der Waals surface area contributed by atoms with E-state index in [4.69, 9.17) is 10.5 Å². The van der Waals surface area contributed by atoms with E-state index in [0.717, 1.165) is 36.8 Å². The highest BCUT2D eigenvalue weighted by molar-refractivity contribution is 7.09. The molecule has 3 N–H and O–H groups in total. The largest absolute Gasteiger partial charge is 0.379 e. The average molecular weight is 227 g/mol. The van der Waals surface area contributed by atoms with Gasteiger partial charge in [-0.3, -0.25) is 0 Å². The summed E-state index contributed by atoms with van der Waals surface area (Å²) in [6, 6.07) is 0. The Balaban J connectivity index is 1.75. The SMILES string of the molecule is Cc1nc(CNCC2(N)CCOC2)cs1. The van der Waals surface area contributed by atoms with Gasteiger partial charge in [0.25, 0.3) is 0 Å². The second-order valence-electron chi connectivity index (χ2n) is 4.13. The van der Waals surface area contributed by atoms with E-state index in [0.29, 0.717) is 6.61 Å². The number of aryl methyl sites for hydroxylation is 1. The third-order valence-corrected chi connectivity index (χ3v) is 3.41. The quantitative estimate of drug-likeness (QED) is 0.793. The minimum absolute atomic E-state index is 0.176. The Morgan fingerprint density at radius 1 is 1.73 bits per heavy atom. The Bertz CT molecular complexity index is 320. The van der Waals surface area contributed by atoms with Crippen LogP contribution in [0.3, 0.4) is 0 Å². The van der Waals surface area contributed by atoms with E-state index in [1.54, 1.807) is 11.3 Å². The lowest BCUT2D eigenvalue weighted by Gasteiger charge is -2.21. The maximum atomic E-state index is 6.12. The monoisotopic (exact) mass is 227 g/mol. The first kappa shape index (κ1) is 11.0. The van der Waals surface area contributed by atoms with Crippen LogP contribution in [0.5, 0.6) is 0 Å². The summed E-state index contributed by atoms with van der Waals surface area (Å²) >= 11 is 1.68. The summed E-state index contributed by atoms with van der Waals surface area (Å²) in [6.45, 7) is 5.06. The fraction of sp³-hybridized carbons (Fsp3) is 0.700. The van der Waals surface area contributed by atoms with E-state index in [1.165, 1.54) is 0 Å². The van der Waals surface area contributed by atoms with Gasteiger partial charge in [0.15, 0.2) is 0 Å². The number of nitrogens with two attached hydrogens (primary N) is 1. The number of hydrogen-bond acceptors (Lipinski definition) is 5. The molecule has 0 aliphatic carbocycles. The molecule has 0 radical (unpaired) electrons. The van der Waals surface area contributed by atoms with Gasteiger partial charge in [0, 0.05) is 25.1 Å². The Morgan fingerprint density at radius 3 is 3.20 bits per heavy atom. The van der Waals surface area contributed by atoms with Gasteiger partial charge in [0.05, 0.1) is 22.8 Å². The fourth-order valence-corrected chi connectivity index (χ4v) is 2.30. The number of hydrogen-bond donors (Lipinski definition) is 2. The summed E-state index contributed by atoms with van der Waals surface area (Å²) < 4.78 is 5.29. The topological polar surface area (TPSA) is 60.2 Å². The van der Waals surface area contributed by atoms with Crippen molar-refractivity contribution in [2.45, 2.75) is 25.4 Å². The molecule has 15 heavy (non-hydrogen) atoms. The van der Waals surface area contributed by atoms with Crippen LogP contribution < -0.4 is 11.1 Å². The highest BCUT2D eigenvalue weighted by Gasteiger charge is 2.29. The van der Waals surface area contributed by atoms with Crippen LogP contribution in [0.15, 0.2) is 5.38 Å². The second-order valence-corrected chi connectivity index (χ2v) is 5.19. The van der Waals surface area contributed by atoms with Crippen LogP contribution in [0.1, 0.15) is 17.1 Å². The molecule has 0 bridgehead atoms. The number of aromatic nitrogens is 1. The number of nitrogens with one attached hydrogen (secondary N) is 1. The number of rotatable bonds is 4. The molecule has 1 fully saturated rings. The van der Waals surface area contributed by atoms with Gasteiger partial charge >= 0.3 is 0 Å². The third kappa shape index (κ3) is 2.98. The van der Waals surface area contributed by atoms with Gasteiger partial charge in [-0.1, -0.05) is 0 Å². The van der Waals surface area contributed by atoms with Gasteiger partial charge in [-0.15, -0.1) is 11.3 Å². The molecule has 1 atom stereocenters. The first-order chi connectivity index (χ1) is 7.18. The first-order valence-corrected chi connectivity index (χ1v) is 6.04. The molecule has 84 valence electrons. The molecular weight excluding hydrogens is 210 g/mol. The summed E-state index contributed by atoms with van der Waals surface area (Å²) in [5.41, 5.74) is 7.04. The molecule has 2 rings (SSSR count). The standard InChI is InChI=1S/C10H17N3OS/c1-8-13-9(5-15-8)4-12-6-10(11)2-3-14-7-10/h5,12H,2-4,6-7,11H2,1H3.